The summed E-state index contributed by atoms with van der Waals surface area (Å²) >= 11 is 5.08. The van der Waals surface area contributed by atoms with Gasteiger partial charge in [-0.15, -0.1) is 0 Å². The van der Waals surface area contributed by atoms with E-state index in [9.17, 15) is 9.59 Å². The van der Waals surface area contributed by atoms with Crippen molar-refractivity contribution in [2.75, 3.05) is 10.6 Å². The first-order chi connectivity index (χ1) is 11.1. The number of rotatable bonds is 4. The lowest BCUT2D eigenvalue weighted by atomic mass is 10.2. The Balaban J connectivity index is 1.60. The molecule has 1 aliphatic carbocycles. The molecule has 4 N–H and O–H groups in total. The van der Waals surface area contributed by atoms with Crippen LogP contribution in [0.4, 0.5) is 16.2 Å². The van der Waals surface area contributed by atoms with Crippen molar-refractivity contribution in [2.24, 2.45) is 0 Å². The maximum absolute atomic E-state index is 12.1. The van der Waals surface area contributed by atoms with Gasteiger partial charge in [0.05, 0.1) is 5.56 Å². The van der Waals surface area contributed by atoms with Gasteiger partial charge in [0.15, 0.2) is 0 Å². The van der Waals surface area contributed by atoms with Crippen LogP contribution in [0.25, 0.3) is 0 Å². The number of hydrogen-bond acceptors (Lipinski definition) is 3. The molecule has 6 nitrogen and oxygen atoms in total. The van der Waals surface area contributed by atoms with Crippen molar-refractivity contribution in [3.8, 4) is 0 Å². The molecule has 0 bridgehead atoms. The normalized spacial score (nSPS) is 13.2. The molecule has 0 spiro atoms. The molecule has 1 saturated carbocycles. The van der Waals surface area contributed by atoms with Crippen molar-refractivity contribution < 1.29 is 9.59 Å². The molecule has 1 aromatic carbocycles. The highest BCUT2D eigenvalue weighted by Gasteiger charge is 2.23. The van der Waals surface area contributed by atoms with E-state index in [-0.39, 0.29) is 11.9 Å². The van der Waals surface area contributed by atoms with E-state index in [1.165, 1.54) is 0 Å². The number of carbonyl (C=O) groups is 2. The molecule has 0 unspecified atom stereocenters. The Hall–Kier alpha value is -2.67. The van der Waals surface area contributed by atoms with Gasteiger partial charge in [0, 0.05) is 23.6 Å². The fourth-order valence-electron chi connectivity index (χ4n) is 2.02. The quantitative estimate of drug-likeness (QED) is 0.650. The molecule has 1 heterocycles. The van der Waals surface area contributed by atoms with Gasteiger partial charge in [-0.2, -0.15) is 0 Å². The molecule has 3 amide bonds. The van der Waals surface area contributed by atoms with Crippen LogP contribution in [0, 0.1) is 4.64 Å². The van der Waals surface area contributed by atoms with Crippen LogP contribution in [0.2, 0.25) is 0 Å². The lowest BCUT2D eigenvalue weighted by molar-refractivity contribution is 0.102. The summed E-state index contributed by atoms with van der Waals surface area (Å²) in [5.41, 5.74) is 1.70. The van der Waals surface area contributed by atoms with Crippen molar-refractivity contribution in [1.82, 2.24) is 10.3 Å². The molecule has 1 fully saturated rings. The van der Waals surface area contributed by atoms with Crippen molar-refractivity contribution in [2.45, 2.75) is 18.9 Å². The molecule has 7 heteroatoms. The predicted octanol–water partition coefficient (Wildman–Crippen LogP) is 3.28. The number of carbonyl (C=O) groups excluding carboxylic acids is 2. The molecule has 3 rings (SSSR count). The SMILES string of the molecule is O=C(Nc1ccc(NC(=O)c2ccc[nH]c2=S)cc1)NC1CC1. The number of amides is 3. The standard InChI is InChI=1S/C16H16N4O2S/c21-14(13-2-1-9-17-15(13)23)18-10-3-5-11(6-4-10)19-16(22)20-12-7-8-12/h1-6,9,12H,7-8H2,(H,17,23)(H,18,21)(H2,19,20,22). The average Bonchev–Trinajstić information content (AvgIpc) is 3.33. The van der Waals surface area contributed by atoms with Crippen LogP contribution in [0.3, 0.4) is 0 Å². The number of hydrogen-bond donors (Lipinski definition) is 4. The maximum atomic E-state index is 12.1. The van der Waals surface area contributed by atoms with Crippen LogP contribution < -0.4 is 16.0 Å². The largest absolute Gasteiger partial charge is 0.352 e. The van der Waals surface area contributed by atoms with Gasteiger partial charge in [-0.05, 0) is 49.2 Å². The van der Waals surface area contributed by atoms with Crippen LogP contribution >= 0.6 is 12.2 Å². The first kappa shape index (κ1) is 15.2. The Morgan fingerprint density at radius 2 is 1.70 bits per heavy atom. The molecular formula is C16H16N4O2S. The second-order valence-electron chi connectivity index (χ2n) is 5.32. The first-order valence-electron chi connectivity index (χ1n) is 7.28. The molecule has 1 aliphatic rings. The maximum Gasteiger partial charge on any atom is 0.319 e. The van der Waals surface area contributed by atoms with Gasteiger partial charge in [-0.1, -0.05) is 12.2 Å². The van der Waals surface area contributed by atoms with Crippen molar-refractivity contribution in [3.63, 3.8) is 0 Å². The molecular weight excluding hydrogens is 312 g/mol. The summed E-state index contributed by atoms with van der Waals surface area (Å²) in [6, 6.07) is 10.4. The topological polar surface area (TPSA) is 86.0 Å². The third-order valence-corrected chi connectivity index (χ3v) is 3.71. The molecule has 23 heavy (non-hydrogen) atoms. The van der Waals surface area contributed by atoms with Crippen LogP contribution in [-0.2, 0) is 0 Å². The number of pyridine rings is 1. The Morgan fingerprint density at radius 1 is 1.04 bits per heavy atom. The summed E-state index contributed by atoms with van der Waals surface area (Å²) in [5, 5.41) is 8.36. The average molecular weight is 328 g/mol. The highest BCUT2D eigenvalue weighted by atomic mass is 32.1. The summed E-state index contributed by atoms with van der Waals surface area (Å²) in [6.07, 6.45) is 3.76. The predicted molar refractivity (Wildman–Crippen MR) is 91.2 cm³/mol. The van der Waals surface area contributed by atoms with E-state index in [1.54, 1.807) is 42.6 Å². The number of urea groups is 1. The minimum Gasteiger partial charge on any atom is -0.352 e. The fraction of sp³-hybridized carbons (Fsp3) is 0.188. The minimum atomic E-state index is -0.279. The summed E-state index contributed by atoms with van der Waals surface area (Å²) in [4.78, 5) is 26.6. The second-order valence-corrected chi connectivity index (χ2v) is 5.73. The van der Waals surface area contributed by atoms with Gasteiger partial charge in [-0.3, -0.25) is 4.79 Å². The summed E-state index contributed by atoms with van der Waals surface area (Å²) in [5.74, 6) is -0.279. The summed E-state index contributed by atoms with van der Waals surface area (Å²) in [6.45, 7) is 0. The van der Waals surface area contributed by atoms with E-state index in [0.717, 1.165) is 12.8 Å². The van der Waals surface area contributed by atoms with Gasteiger partial charge in [0.1, 0.15) is 4.64 Å². The summed E-state index contributed by atoms with van der Waals surface area (Å²) < 4.78 is 0.389. The van der Waals surface area contributed by atoms with Crippen molar-refractivity contribution in [1.29, 1.82) is 0 Å². The molecule has 0 saturated heterocycles. The smallest absolute Gasteiger partial charge is 0.319 e. The third-order valence-electron chi connectivity index (χ3n) is 3.38. The zero-order chi connectivity index (χ0) is 16.2. The second kappa shape index (κ2) is 6.62. The zero-order valence-corrected chi connectivity index (χ0v) is 13.1. The van der Waals surface area contributed by atoms with Crippen molar-refractivity contribution >= 4 is 35.5 Å². The van der Waals surface area contributed by atoms with E-state index in [1.807, 2.05) is 0 Å². The Bertz CT molecular complexity index is 781. The molecule has 118 valence electrons. The number of anilines is 2. The fourth-order valence-corrected chi connectivity index (χ4v) is 2.24. The lowest BCUT2D eigenvalue weighted by Crippen LogP contribution is -2.30. The Kier molecular flexibility index (Phi) is 4.38. The van der Waals surface area contributed by atoms with Crippen LogP contribution in [0.15, 0.2) is 42.6 Å². The van der Waals surface area contributed by atoms with Crippen LogP contribution in [0.1, 0.15) is 23.2 Å². The molecule has 0 radical (unpaired) electrons. The number of aromatic amines is 1. The van der Waals surface area contributed by atoms with Crippen LogP contribution in [0.5, 0.6) is 0 Å². The third kappa shape index (κ3) is 4.17. The number of nitrogens with one attached hydrogen (secondary N) is 4. The molecule has 2 aromatic rings. The van der Waals surface area contributed by atoms with Gasteiger partial charge in [0.25, 0.3) is 5.91 Å². The van der Waals surface area contributed by atoms with Crippen molar-refractivity contribution in [3.05, 3.63) is 52.8 Å². The van der Waals surface area contributed by atoms with Crippen LogP contribution in [-0.4, -0.2) is 23.0 Å². The monoisotopic (exact) mass is 328 g/mol. The number of aromatic nitrogens is 1. The van der Waals surface area contributed by atoms with E-state index in [0.29, 0.717) is 27.6 Å². The Labute approximate surface area is 138 Å². The first-order valence-corrected chi connectivity index (χ1v) is 7.69. The van der Waals surface area contributed by atoms with E-state index < -0.39 is 0 Å². The molecule has 0 aliphatic heterocycles. The van der Waals surface area contributed by atoms with Gasteiger partial charge >= 0.3 is 6.03 Å². The molecule has 0 atom stereocenters. The zero-order valence-electron chi connectivity index (χ0n) is 12.3. The van der Waals surface area contributed by atoms with Gasteiger partial charge in [-0.25, -0.2) is 4.79 Å². The van der Waals surface area contributed by atoms with E-state index in [4.69, 9.17) is 12.2 Å². The van der Waals surface area contributed by atoms with Gasteiger partial charge < -0.3 is 20.9 Å². The number of benzene rings is 1. The Morgan fingerprint density at radius 3 is 2.30 bits per heavy atom. The van der Waals surface area contributed by atoms with Gasteiger partial charge in [0.2, 0.25) is 0 Å². The lowest BCUT2D eigenvalue weighted by Gasteiger charge is -2.08. The number of H-pyrrole nitrogens is 1. The highest BCUT2D eigenvalue weighted by Crippen LogP contribution is 2.19. The van der Waals surface area contributed by atoms with E-state index in [2.05, 4.69) is 20.9 Å². The minimum absolute atomic E-state index is 0.208. The molecule has 1 aromatic heterocycles. The highest BCUT2D eigenvalue weighted by molar-refractivity contribution is 7.71. The summed E-state index contributed by atoms with van der Waals surface area (Å²) in [7, 11) is 0. The van der Waals surface area contributed by atoms with E-state index >= 15 is 0 Å².